The molecule has 0 fully saturated rings. The predicted molar refractivity (Wildman–Crippen MR) is 61.0 cm³/mol. The van der Waals surface area contributed by atoms with Gasteiger partial charge in [0.25, 0.3) is 5.56 Å². The van der Waals surface area contributed by atoms with Gasteiger partial charge in [0.2, 0.25) is 0 Å². The summed E-state index contributed by atoms with van der Waals surface area (Å²) in [6, 6.07) is 2.11. The molecule has 0 bridgehead atoms. The molecule has 1 aromatic heterocycles. The Hall–Kier alpha value is -1.16. The molecule has 1 aromatic rings. The van der Waals surface area contributed by atoms with E-state index in [1.807, 2.05) is 14.0 Å². The van der Waals surface area contributed by atoms with E-state index < -0.39 is 0 Å². The zero-order chi connectivity index (χ0) is 11.3. The fraction of sp³-hybridized carbons (Fsp3) is 0.636. The van der Waals surface area contributed by atoms with Crippen molar-refractivity contribution in [3.8, 4) is 0 Å². The van der Waals surface area contributed by atoms with Gasteiger partial charge in [-0.05, 0) is 39.3 Å². The monoisotopic (exact) mass is 209 g/mol. The van der Waals surface area contributed by atoms with Crippen LogP contribution >= 0.6 is 0 Å². The predicted octanol–water partition coefficient (Wildman–Crippen LogP) is 0.940. The highest BCUT2D eigenvalue weighted by Crippen LogP contribution is 1.97. The van der Waals surface area contributed by atoms with E-state index in [2.05, 4.69) is 17.3 Å². The summed E-state index contributed by atoms with van der Waals surface area (Å²) in [6.45, 7) is 4.71. The van der Waals surface area contributed by atoms with Crippen LogP contribution in [0.3, 0.4) is 0 Å². The molecule has 0 aliphatic carbocycles. The van der Waals surface area contributed by atoms with Crippen LogP contribution in [0.25, 0.3) is 0 Å². The Labute approximate surface area is 90.3 Å². The summed E-state index contributed by atoms with van der Waals surface area (Å²) in [7, 11) is 1.95. The molecule has 1 atom stereocenters. The fourth-order valence-corrected chi connectivity index (χ4v) is 1.38. The maximum atomic E-state index is 11.5. The first-order valence-electron chi connectivity index (χ1n) is 5.34. The van der Waals surface area contributed by atoms with Crippen molar-refractivity contribution in [2.75, 3.05) is 7.05 Å². The van der Waals surface area contributed by atoms with Gasteiger partial charge < -0.3 is 5.32 Å². The molecule has 1 rings (SSSR count). The SMILES string of the molecule is CNC(C)CCCn1ncc(C)cc1=O. The topological polar surface area (TPSA) is 46.9 Å². The quantitative estimate of drug-likeness (QED) is 0.785. The highest BCUT2D eigenvalue weighted by molar-refractivity contribution is 5.02. The van der Waals surface area contributed by atoms with Gasteiger partial charge >= 0.3 is 0 Å². The van der Waals surface area contributed by atoms with Crippen LogP contribution in [0, 0.1) is 6.92 Å². The van der Waals surface area contributed by atoms with Gasteiger partial charge in [0.05, 0.1) is 6.20 Å². The first kappa shape index (κ1) is 11.9. The summed E-state index contributed by atoms with van der Waals surface area (Å²) < 4.78 is 1.52. The van der Waals surface area contributed by atoms with E-state index in [0.717, 1.165) is 18.4 Å². The number of rotatable bonds is 5. The third kappa shape index (κ3) is 3.83. The Bertz CT molecular complexity index is 359. The number of nitrogens with zero attached hydrogens (tertiary/aromatic N) is 2. The van der Waals surface area contributed by atoms with E-state index in [1.54, 1.807) is 12.3 Å². The van der Waals surface area contributed by atoms with Crippen LogP contribution in [0.2, 0.25) is 0 Å². The molecule has 0 aliphatic rings. The molecule has 1 N–H and O–H groups in total. The number of aromatic nitrogens is 2. The molecule has 0 aromatic carbocycles. The minimum atomic E-state index is -0.00730. The lowest BCUT2D eigenvalue weighted by molar-refractivity contribution is 0.475. The molecule has 0 radical (unpaired) electrons. The average Bonchev–Trinajstić information content (AvgIpc) is 2.21. The second-order valence-corrected chi connectivity index (χ2v) is 3.93. The normalized spacial score (nSPS) is 12.7. The largest absolute Gasteiger partial charge is 0.317 e. The fourth-order valence-electron chi connectivity index (χ4n) is 1.38. The van der Waals surface area contributed by atoms with Crippen LogP contribution in [-0.2, 0) is 6.54 Å². The third-order valence-corrected chi connectivity index (χ3v) is 2.51. The first-order valence-corrected chi connectivity index (χ1v) is 5.34. The van der Waals surface area contributed by atoms with Crippen molar-refractivity contribution >= 4 is 0 Å². The lowest BCUT2D eigenvalue weighted by Crippen LogP contribution is -2.25. The summed E-state index contributed by atoms with van der Waals surface area (Å²) in [5.41, 5.74) is 0.909. The molecular weight excluding hydrogens is 190 g/mol. The van der Waals surface area contributed by atoms with E-state index >= 15 is 0 Å². The number of aryl methyl sites for hydroxylation is 2. The van der Waals surface area contributed by atoms with Crippen LogP contribution in [0.1, 0.15) is 25.3 Å². The van der Waals surface area contributed by atoms with Crippen molar-refractivity contribution in [1.29, 1.82) is 0 Å². The molecule has 0 spiro atoms. The second-order valence-electron chi connectivity index (χ2n) is 3.93. The molecule has 1 heterocycles. The van der Waals surface area contributed by atoms with Gasteiger partial charge in [0.1, 0.15) is 0 Å². The lowest BCUT2D eigenvalue weighted by Gasteiger charge is -2.09. The molecule has 84 valence electrons. The van der Waals surface area contributed by atoms with Crippen molar-refractivity contribution in [2.45, 2.75) is 39.3 Å². The van der Waals surface area contributed by atoms with Crippen molar-refractivity contribution in [1.82, 2.24) is 15.1 Å². The Morgan fingerprint density at radius 2 is 2.33 bits per heavy atom. The zero-order valence-electron chi connectivity index (χ0n) is 9.66. The molecule has 0 aliphatic heterocycles. The molecular formula is C11H19N3O. The van der Waals surface area contributed by atoms with Crippen molar-refractivity contribution in [3.63, 3.8) is 0 Å². The van der Waals surface area contributed by atoms with Crippen LogP contribution in [-0.4, -0.2) is 22.9 Å². The minimum Gasteiger partial charge on any atom is -0.317 e. The maximum absolute atomic E-state index is 11.5. The van der Waals surface area contributed by atoms with Gasteiger partial charge in [0, 0.05) is 18.7 Å². The van der Waals surface area contributed by atoms with Gasteiger partial charge in [-0.25, -0.2) is 4.68 Å². The van der Waals surface area contributed by atoms with E-state index in [0.29, 0.717) is 12.6 Å². The smallest absolute Gasteiger partial charge is 0.266 e. The van der Waals surface area contributed by atoms with Crippen molar-refractivity contribution in [3.05, 3.63) is 28.2 Å². The number of hydrogen-bond acceptors (Lipinski definition) is 3. The summed E-state index contributed by atoms with van der Waals surface area (Å²) >= 11 is 0. The van der Waals surface area contributed by atoms with Gasteiger partial charge in [-0.15, -0.1) is 0 Å². The van der Waals surface area contributed by atoms with Crippen molar-refractivity contribution in [2.24, 2.45) is 0 Å². The third-order valence-electron chi connectivity index (χ3n) is 2.51. The van der Waals surface area contributed by atoms with E-state index in [-0.39, 0.29) is 5.56 Å². The molecule has 0 amide bonds. The standard InChI is InChI=1S/C11H19N3O/c1-9-7-11(15)14(13-8-9)6-4-5-10(2)12-3/h7-8,10,12H,4-6H2,1-3H3. The Kier molecular flexibility index (Phi) is 4.49. The van der Waals surface area contributed by atoms with Crippen LogP contribution < -0.4 is 10.9 Å². The zero-order valence-corrected chi connectivity index (χ0v) is 9.66. The molecule has 0 saturated carbocycles. The average molecular weight is 209 g/mol. The Balaban J connectivity index is 2.48. The van der Waals surface area contributed by atoms with Crippen LogP contribution in [0.4, 0.5) is 0 Å². The summed E-state index contributed by atoms with van der Waals surface area (Å²) in [6.07, 6.45) is 3.75. The second kappa shape index (κ2) is 5.66. The maximum Gasteiger partial charge on any atom is 0.266 e. The van der Waals surface area contributed by atoms with E-state index in [9.17, 15) is 4.79 Å². The Morgan fingerprint density at radius 3 is 2.93 bits per heavy atom. The minimum absolute atomic E-state index is 0.00730. The van der Waals surface area contributed by atoms with Crippen molar-refractivity contribution < 1.29 is 0 Å². The number of nitrogens with one attached hydrogen (secondary N) is 1. The van der Waals surface area contributed by atoms with Gasteiger partial charge in [-0.3, -0.25) is 4.79 Å². The summed E-state index contributed by atoms with van der Waals surface area (Å²) in [5.74, 6) is 0. The van der Waals surface area contributed by atoms with E-state index in [4.69, 9.17) is 0 Å². The Morgan fingerprint density at radius 1 is 1.60 bits per heavy atom. The molecule has 4 heteroatoms. The van der Waals surface area contributed by atoms with E-state index in [1.165, 1.54) is 4.68 Å². The lowest BCUT2D eigenvalue weighted by atomic mass is 10.2. The summed E-state index contributed by atoms with van der Waals surface area (Å²) in [4.78, 5) is 11.5. The van der Waals surface area contributed by atoms with Gasteiger partial charge in [0.15, 0.2) is 0 Å². The molecule has 1 unspecified atom stereocenters. The number of hydrogen-bond donors (Lipinski definition) is 1. The van der Waals surface area contributed by atoms with Gasteiger partial charge in [-0.2, -0.15) is 5.10 Å². The highest BCUT2D eigenvalue weighted by atomic mass is 16.1. The highest BCUT2D eigenvalue weighted by Gasteiger charge is 2.00. The molecule has 15 heavy (non-hydrogen) atoms. The van der Waals surface area contributed by atoms with Crippen LogP contribution in [0.5, 0.6) is 0 Å². The molecule has 0 saturated heterocycles. The first-order chi connectivity index (χ1) is 7.13. The van der Waals surface area contributed by atoms with Gasteiger partial charge in [-0.1, -0.05) is 0 Å². The van der Waals surface area contributed by atoms with Crippen LogP contribution in [0.15, 0.2) is 17.1 Å². The summed E-state index contributed by atoms with van der Waals surface area (Å²) in [5, 5.41) is 7.25. The molecule has 4 nitrogen and oxygen atoms in total.